The van der Waals surface area contributed by atoms with E-state index in [0.717, 1.165) is 19.5 Å². The van der Waals surface area contributed by atoms with Gasteiger partial charge in [-0.2, -0.15) is 0 Å². The van der Waals surface area contributed by atoms with Crippen molar-refractivity contribution in [3.8, 4) is 0 Å². The molecule has 3 heteroatoms. The van der Waals surface area contributed by atoms with Crippen molar-refractivity contribution in [1.82, 2.24) is 10.2 Å². The lowest BCUT2D eigenvalue weighted by molar-refractivity contribution is 0.134. The summed E-state index contributed by atoms with van der Waals surface area (Å²) in [7, 11) is 1.99. The third-order valence-electron chi connectivity index (χ3n) is 2.79. The van der Waals surface area contributed by atoms with Crippen LogP contribution in [0.25, 0.3) is 0 Å². The highest BCUT2D eigenvalue weighted by Gasteiger charge is 2.30. The van der Waals surface area contributed by atoms with Crippen LogP contribution in [0.1, 0.15) is 19.8 Å². The predicted octanol–water partition coefficient (Wildman–Crippen LogP) is 0.0510. The number of aliphatic hydroxyl groups excluding tert-OH is 1. The Balaban J connectivity index is 2.44. The van der Waals surface area contributed by atoms with Gasteiger partial charge in [-0.05, 0) is 26.4 Å². The first kappa shape index (κ1) is 9.96. The Bertz CT molecular complexity index is 130. The maximum absolute atomic E-state index is 9.09. The van der Waals surface area contributed by atoms with E-state index in [-0.39, 0.29) is 0 Å². The van der Waals surface area contributed by atoms with E-state index in [0.29, 0.717) is 18.7 Å². The number of nitrogens with one attached hydrogen (secondary N) is 1. The van der Waals surface area contributed by atoms with E-state index in [2.05, 4.69) is 17.1 Å². The largest absolute Gasteiger partial charge is 0.395 e. The summed E-state index contributed by atoms with van der Waals surface area (Å²) in [6, 6.07) is 1.05. The molecule has 12 heavy (non-hydrogen) atoms. The Morgan fingerprint density at radius 3 is 2.58 bits per heavy atom. The summed E-state index contributed by atoms with van der Waals surface area (Å²) in [6.07, 6.45) is 2.37. The highest BCUT2D eigenvalue weighted by atomic mass is 16.3. The van der Waals surface area contributed by atoms with Crippen molar-refractivity contribution >= 4 is 0 Å². The van der Waals surface area contributed by atoms with Crippen molar-refractivity contribution in [3.63, 3.8) is 0 Å². The van der Waals surface area contributed by atoms with E-state index in [1.165, 1.54) is 6.42 Å². The topological polar surface area (TPSA) is 35.5 Å². The smallest absolute Gasteiger partial charge is 0.0587 e. The fourth-order valence-electron chi connectivity index (χ4n) is 2.18. The summed E-state index contributed by atoms with van der Waals surface area (Å²) in [6.45, 7) is 4.58. The zero-order chi connectivity index (χ0) is 8.97. The van der Waals surface area contributed by atoms with Crippen LogP contribution in [0.4, 0.5) is 0 Å². The Labute approximate surface area is 74.8 Å². The zero-order valence-corrected chi connectivity index (χ0v) is 8.08. The van der Waals surface area contributed by atoms with Crippen LogP contribution in [0.5, 0.6) is 0 Å². The Hall–Kier alpha value is -0.120. The lowest BCUT2D eigenvalue weighted by Gasteiger charge is -2.27. The number of hydrogen-bond donors (Lipinski definition) is 2. The number of nitrogens with zero attached hydrogens (tertiary/aromatic N) is 1. The van der Waals surface area contributed by atoms with Crippen LogP contribution in [0, 0.1) is 0 Å². The fraction of sp³-hybridized carbons (Fsp3) is 1.00. The summed E-state index contributed by atoms with van der Waals surface area (Å²) in [5.74, 6) is 0. The van der Waals surface area contributed by atoms with Crippen molar-refractivity contribution in [2.24, 2.45) is 0 Å². The molecule has 1 aliphatic rings. The molecule has 2 atom stereocenters. The third-order valence-corrected chi connectivity index (χ3v) is 2.79. The molecule has 1 saturated heterocycles. The number of hydrogen-bond acceptors (Lipinski definition) is 3. The normalized spacial score (nSPS) is 31.2. The molecular weight excluding hydrogens is 152 g/mol. The number of likely N-dealkylation sites (tertiary alicyclic amines) is 1. The van der Waals surface area contributed by atoms with E-state index >= 15 is 0 Å². The van der Waals surface area contributed by atoms with Crippen molar-refractivity contribution in [2.45, 2.75) is 31.8 Å². The van der Waals surface area contributed by atoms with Gasteiger partial charge in [0.25, 0.3) is 0 Å². The summed E-state index contributed by atoms with van der Waals surface area (Å²) in [5, 5.41) is 12.3. The molecular formula is C9H20N2O. The lowest BCUT2D eigenvalue weighted by Crippen LogP contribution is -2.42. The number of aliphatic hydroxyl groups is 1. The van der Waals surface area contributed by atoms with Crippen LogP contribution in [0.2, 0.25) is 0 Å². The SMILES string of the molecule is CCN1C(CO)CCC1CNC. The molecule has 1 rings (SSSR count). The molecule has 0 aromatic rings. The van der Waals surface area contributed by atoms with Crippen molar-refractivity contribution in [2.75, 3.05) is 26.7 Å². The van der Waals surface area contributed by atoms with E-state index in [9.17, 15) is 0 Å². The maximum Gasteiger partial charge on any atom is 0.0587 e. The molecule has 0 bridgehead atoms. The minimum absolute atomic E-state index is 0.314. The molecule has 0 spiro atoms. The maximum atomic E-state index is 9.09. The fourth-order valence-corrected chi connectivity index (χ4v) is 2.18. The third kappa shape index (κ3) is 1.97. The second-order valence-corrected chi connectivity index (χ2v) is 3.46. The number of likely N-dealkylation sites (N-methyl/N-ethyl adjacent to an activating group) is 2. The van der Waals surface area contributed by atoms with E-state index in [1.807, 2.05) is 7.05 Å². The molecule has 0 radical (unpaired) electrons. The van der Waals surface area contributed by atoms with E-state index in [4.69, 9.17) is 5.11 Å². The molecule has 0 aliphatic carbocycles. The molecule has 0 aromatic heterocycles. The van der Waals surface area contributed by atoms with Crippen LogP contribution in [-0.2, 0) is 0 Å². The summed E-state index contributed by atoms with van der Waals surface area (Å²) >= 11 is 0. The van der Waals surface area contributed by atoms with Gasteiger partial charge in [0.1, 0.15) is 0 Å². The second-order valence-electron chi connectivity index (χ2n) is 3.46. The molecule has 0 saturated carbocycles. The van der Waals surface area contributed by atoms with E-state index in [1.54, 1.807) is 0 Å². The highest BCUT2D eigenvalue weighted by molar-refractivity contribution is 4.87. The van der Waals surface area contributed by atoms with E-state index < -0.39 is 0 Å². The zero-order valence-electron chi connectivity index (χ0n) is 8.08. The van der Waals surface area contributed by atoms with Gasteiger partial charge in [-0.1, -0.05) is 6.92 Å². The first-order valence-electron chi connectivity index (χ1n) is 4.84. The van der Waals surface area contributed by atoms with Gasteiger partial charge in [-0.25, -0.2) is 0 Å². The standard InChI is InChI=1S/C9H20N2O/c1-3-11-8(6-10-2)4-5-9(11)7-12/h8-10,12H,3-7H2,1-2H3. The molecule has 72 valence electrons. The predicted molar refractivity (Wildman–Crippen MR) is 50.2 cm³/mol. The molecule has 2 unspecified atom stereocenters. The summed E-state index contributed by atoms with van der Waals surface area (Å²) in [4.78, 5) is 2.40. The van der Waals surface area contributed by atoms with Crippen molar-refractivity contribution in [3.05, 3.63) is 0 Å². The Kier molecular flexibility index (Phi) is 3.98. The van der Waals surface area contributed by atoms with Gasteiger partial charge in [0.05, 0.1) is 6.61 Å². The molecule has 2 N–H and O–H groups in total. The quantitative estimate of drug-likeness (QED) is 0.629. The minimum Gasteiger partial charge on any atom is -0.395 e. The number of rotatable bonds is 4. The average molecular weight is 172 g/mol. The monoisotopic (exact) mass is 172 g/mol. The van der Waals surface area contributed by atoms with Crippen LogP contribution >= 0.6 is 0 Å². The van der Waals surface area contributed by atoms with Crippen LogP contribution in [-0.4, -0.2) is 48.8 Å². The second kappa shape index (κ2) is 4.80. The highest BCUT2D eigenvalue weighted by Crippen LogP contribution is 2.22. The van der Waals surface area contributed by atoms with Gasteiger partial charge < -0.3 is 10.4 Å². The molecule has 3 nitrogen and oxygen atoms in total. The van der Waals surface area contributed by atoms with Gasteiger partial charge in [-0.3, -0.25) is 4.90 Å². The average Bonchev–Trinajstić information content (AvgIpc) is 2.47. The summed E-state index contributed by atoms with van der Waals surface area (Å²) in [5.41, 5.74) is 0. The van der Waals surface area contributed by atoms with Crippen molar-refractivity contribution < 1.29 is 5.11 Å². The molecule has 0 aromatic carbocycles. The van der Waals surface area contributed by atoms with Gasteiger partial charge in [0, 0.05) is 18.6 Å². The molecule has 1 aliphatic heterocycles. The first-order chi connectivity index (χ1) is 5.83. The van der Waals surface area contributed by atoms with Crippen LogP contribution in [0.15, 0.2) is 0 Å². The van der Waals surface area contributed by atoms with Gasteiger partial charge in [-0.15, -0.1) is 0 Å². The van der Waals surface area contributed by atoms with Crippen LogP contribution < -0.4 is 5.32 Å². The molecule has 1 heterocycles. The minimum atomic E-state index is 0.314. The van der Waals surface area contributed by atoms with Gasteiger partial charge in [0.2, 0.25) is 0 Å². The van der Waals surface area contributed by atoms with Crippen molar-refractivity contribution in [1.29, 1.82) is 0 Å². The Morgan fingerprint density at radius 2 is 2.08 bits per heavy atom. The first-order valence-corrected chi connectivity index (χ1v) is 4.84. The lowest BCUT2D eigenvalue weighted by atomic mass is 10.2. The Morgan fingerprint density at radius 1 is 1.42 bits per heavy atom. The van der Waals surface area contributed by atoms with Crippen LogP contribution in [0.3, 0.4) is 0 Å². The molecule has 1 fully saturated rings. The summed E-state index contributed by atoms with van der Waals surface area (Å²) < 4.78 is 0. The van der Waals surface area contributed by atoms with Gasteiger partial charge in [0.15, 0.2) is 0 Å². The van der Waals surface area contributed by atoms with Gasteiger partial charge >= 0.3 is 0 Å². The molecule has 0 amide bonds.